The Morgan fingerprint density at radius 1 is 1.12 bits per heavy atom. The van der Waals surface area contributed by atoms with Gasteiger partial charge in [0.05, 0.1) is 11.1 Å². The number of carboxylic acids is 2. The average Bonchev–Trinajstić information content (AvgIpc) is 2.16. The standard InChI is InChI=1S/C10H13NO4Si/c1-11(2)16-6-3-4-7(9(12)13)8(5-6)10(14)15/h3-5H,16H2,1-2H3,(H,12,13)(H,14,15). The fourth-order valence-electron chi connectivity index (χ4n) is 1.42. The molecule has 0 saturated carbocycles. The van der Waals surface area contributed by atoms with Crippen LogP contribution in [0.15, 0.2) is 18.2 Å². The van der Waals surface area contributed by atoms with Crippen molar-refractivity contribution in [2.45, 2.75) is 0 Å². The first-order valence-electron chi connectivity index (χ1n) is 4.66. The summed E-state index contributed by atoms with van der Waals surface area (Å²) in [5, 5.41) is 18.6. The Hall–Kier alpha value is -1.66. The van der Waals surface area contributed by atoms with Gasteiger partial charge in [0.15, 0.2) is 0 Å². The Morgan fingerprint density at radius 2 is 1.69 bits per heavy atom. The summed E-state index contributed by atoms with van der Waals surface area (Å²) < 4.78 is 2.02. The summed E-state index contributed by atoms with van der Waals surface area (Å²) in [6, 6.07) is 4.50. The number of nitrogens with zero attached hydrogens (tertiary/aromatic N) is 1. The van der Waals surface area contributed by atoms with E-state index in [0.717, 1.165) is 5.19 Å². The van der Waals surface area contributed by atoms with Crippen LogP contribution in [0.2, 0.25) is 0 Å². The Bertz CT molecular complexity index is 431. The zero-order valence-corrected chi connectivity index (χ0v) is 10.5. The monoisotopic (exact) mass is 239 g/mol. The van der Waals surface area contributed by atoms with E-state index in [1.54, 1.807) is 6.07 Å². The van der Waals surface area contributed by atoms with Crippen LogP contribution < -0.4 is 5.19 Å². The summed E-state index contributed by atoms with van der Waals surface area (Å²) in [6.45, 7) is 0. The smallest absolute Gasteiger partial charge is 0.336 e. The van der Waals surface area contributed by atoms with Crippen molar-refractivity contribution in [2.75, 3.05) is 14.1 Å². The van der Waals surface area contributed by atoms with Gasteiger partial charge >= 0.3 is 11.9 Å². The fourth-order valence-corrected chi connectivity index (χ4v) is 2.67. The van der Waals surface area contributed by atoms with Gasteiger partial charge in [-0.1, -0.05) is 6.07 Å². The molecule has 0 fully saturated rings. The van der Waals surface area contributed by atoms with Crippen LogP contribution >= 0.6 is 0 Å². The van der Waals surface area contributed by atoms with E-state index < -0.39 is 21.6 Å². The molecule has 0 aliphatic carbocycles. The lowest BCUT2D eigenvalue weighted by atomic mass is 10.1. The number of aromatic carboxylic acids is 2. The van der Waals surface area contributed by atoms with Crippen LogP contribution in [-0.4, -0.2) is 50.5 Å². The van der Waals surface area contributed by atoms with Crippen LogP contribution in [0, 0.1) is 0 Å². The lowest BCUT2D eigenvalue weighted by Gasteiger charge is -2.10. The van der Waals surface area contributed by atoms with Crippen molar-refractivity contribution < 1.29 is 19.8 Å². The van der Waals surface area contributed by atoms with Crippen molar-refractivity contribution in [3.8, 4) is 0 Å². The van der Waals surface area contributed by atoms with E-state index in [1.807, 2.05) is 18.7 Å². The van der Waals surface area contributed by atoms with Crippen molar-refractivity contribution in [3.63, 3.8) is 0 Å². The summed E-state index contributed by atoms with van der Waals surface area (Å²) in [6.07, 6.45) is 0. The fraction of sp³-hybridized carbons (Fsp3) is 0.200. The first kappa shape index (κ1) is 12.4. The van der Waals surface area contributed by atoms with Gasteiger partial charge in [-0.3, -0.25) is 0 Å². The van der Waals surface area contributed by atoms with Crippen molar-refractivity contribution in [2.24, 2.45) is 0 Å². The molecule has 0 aliphatic heterocycles. The molecular weight excluding hydrogens is 226 g/mol. The molecular formula is C10H13NO4Si. The normalized spacial score (nSPS) is 11.2. The van der Waals surface area contributed by atoms with Gasteiger partial charge < -0.3 is 14.8 Å². The van der Waals surface area contributed by atoms with Crippen LogP contribution in [0.3, 0.4) is 0 Å². The molecule has 0 unspecified atom stereocenters. The van der Waals surface area contributed by atoms with E-state index in [2.05, 4.69) is 0 Å². The molecule has 1 aromatic rings. The highest BCUT2D eigenvalue weighted by molar-refractivity contribution is 6.50. The SMILES string of the molecule is CN(C)[SiH2]c1ccc(C(=O)O)c(C(=O)O)c1. The predicted molar refractivity (Wildman–Crippen MR) is 62.2 cm³/mol. The second-order valence-electron chi connectivity index (χ2n) is 3.73. The Morgan fingerprint density at radius 3 is 2.12 bits per heavy atom. The Balaban J connectivity index is 3.17. The zero-order chi connectivity index (χ0) is 12.3. The summed E-state index contributed by atoms with van der Waals surface area (Å²) in [5.74, 6) is -2.41. The van der Waals surface area contributed by atoms with E-state index in [1.165, 1.54) is 12.1 Å². The van der Waals surface area contributed by atoms with E-state index in [9.17, 15) is 9.59 Å². The Kier molecular flexibility index (Phi) is 3.81. The molecule has 0 amide bonds. The van der Waals surface area contributed by atoms with E-state index in [0.29, 0.717) is 0 Å². The van der Waals surface area contributed by atoms with Gasteiger partial charge in [-0.2, -0.15) is 0 Å². The summed E-state index contributed by atoms with van der Waals surface area (Å²) in [5.41, 5.74) is -0.302. The summed E-state index contributed by atoms with van der Waals surface area (Å²) >= 11 is 0. The van der Waals surface area contributed by atoms with Crippen molar-refractivity contribution in [3.05, 3.63) is 29.3 Å². The zero-order valence-electron chi connectivity index (χ0n) is 9.10. The molecule has 1 rings (SSSR count). The molecule has 0 aromatic heterocycles. The average molecular weight is 239 g/mol. The highest BCUT2D eigenvalue weighted by Gasteiger charge is 2.16. The quantitative estimate of drug-likeness (QED) is 0.683. The molecule has 1 aromatic carbocycles. The largest absolute Gasteiger partial charge is 0.478 e. The van der Waals surface area contributed by atoms with Gasteiger partial charge in [0.25, 0.3) is 0 Å². The number of carboxylic acid groups (broad SMARTS) is 2. The lowest BCUT2D eigenvalue weighted by molar-refractivity contribution is 0.0651. The number of hydrogen-bond acceptors (Lipinski definition) is 3. The molecule has 5 nitrogen and oxygen atoms in total. The van der Waals surface area contributed by atoms with E-state index >= 15 is 0 Å². The maximum absolute atomic E-state index is 10.9. The van der Waals surface area contributed by atoms with Gasteiger partial charge in [0.2, 0.25) is 0 Å². The van der Waals surface area contributed by atoms with Gasteiger partial charge in [-0.05, 0) is 31.4 Å². The van der Waals surface area contributed by atoms with Gasteiger partial charge in [-0.15, -0.1) is 0 Å². The number of benzene rings is 1. The van der Waals surface area contributed by atoms with E-state index in [-0.39, 0.29) is 11.1 Å². The van der Waals surface area contributed by atoms with Gasteiger partial charge in [0.1, 0.15) is 9.68 Å². The minimum absolute atomic E-state index is 0.139. The molecule has 0 atom stereocenters. The summed E-state index contributed by atoms with van der Waals surface area (Å²) in [4.78, 5) is 21.7. The van der Waals surface area contributed by atoms with Gasteiger partial charge in [0, 0.05) is 0 Å². The molecule has 6 heteroatoms. The summed E-state index contributed by atoms with van der Waals surface area (Å²) in [7, 11) is 3.14. The maximum Gasteiger partial charge on any atom is 0.336 e. The topological polar surface area (TPSA) is 77.8 Å². The molecule has 0 spiro atoms. The molecule has 86 valence electrons. The predicted octanol–water partition coefficient (Wildman–Crippen LogP) is -0.646. The molecule has 0 heterocycles. The third-order valence-corrected chi connectivity index (χ3v) is 3.48. The molecule has 16 heavy (non-hydrogen) atoms. The van der Waals surface area contributed by atoms with Gasteiger partial charge in [-0.25, -0.2) is 9.59 Å². The van der Waals surface area contributed by atoms with E-state index in [4.69, 9.17) is 10.2 Å². The Labute approximate surface area is 95.2 Å². The number of hydrogen-bond donors (Lipinski definition) is 2. The van der Waals surface area contributed by atoms with Crippen LogP contribution in [0.5, 0.6) is 0 Å². The van der Waals surface area contributed by atoms with Crippen LogP contribution in [0.25, 0.3) is 0 Å². The number of carbonyl (C=O) groups is 2. The number of rotatable bonds is 4. The van der Waals surface area contributed by atoms with Crippen LogP contribution in [-0.2, 0) is 0 Å². The molecule has 0 aliphatic rings. The van der Waals surface area contributed by atoms with Crippen molar-refractivity contribution >= 4 is 26.8 Å². The minimum atomic E-state index is -1.21. The second-order valence-corrected chi connectivity index (χ2v) is 6.13. The minimum Gasteiger partial charge on any atom is -0.478 e. The maximum atomic E-state index is 10.9. The third kappa shape index (κ3) is 2.91. The third-order valence-electron chi connectivity index (χ3n) is 2.04. The highest BCUT2D eigenvalue weighted by Crippen LogP contribution is 2.07. The molecule has 2 N–H and O–H groups in total. The van der Waals surface area contributed by atoms with Crippen molar-refractivity contribution in [1.82, 2.24) is 4.57 Å². The van der Waals surface area contributed by atoms with Crippen LogP contribution in [0.4, 0.5) is 0 Å². The first-order chi connectivity index (χ1) is 7.41. The molecule has 0 saturated heterocycles. The lowest BCUT2D eigenvalue weighted by Crippen LogP contribution is -2.30. The van der Waals surface area contributed by atoms with Crippen molar-refractivity contribution in [1.29, 1.82) is 0 Å². The molecule has 0 radical (unpaired) electrons. The second kappa shape index (κ2) is 4.91. The highest BCUT2D eigenvalue weighted by atomic mass is 28.2. The van der Waals surface area contributed by atoms with Crippen LogP contribution in [0.1, 0.15) is 20.7 Å². The molecule has 0 bridgehead atoms. The first-order valence-corrected chi connectivity index (χ1v) is 6.00.